The van der Waals surface area contributed by atoms with Gasteiger partial charge in [0.15, 0.2) is 0 Å². The number of halogens is 2. The maximum atomic E-state index is 13.1. The molecule has 0 heterocycles. The molecule has 1 aliphatic carbocycles. The average molecular weight is 184 g/mol. The van der Waals surface area contributed by atoms with Gasteiger partial charge in [-0.2, -0.15) is 0 Å². The molecule has 1 saturated carbocycles. The maximum absolute atomic E-state index is 13.1. The Bertz CT molecular complexity index is 304. The van der Waals surface area contributed by atoms with Crippen LogP contribution in [0, 0.1) is 17.6 Å². The molecule has 0 bridgehead atoms. The summed E-state index contributed by atoms with van der Waals surface area (Å²) in [7, 11) is 0. The van der Waals surface area contributed by atoms with Crippen LogP contribution in [0.15, 0.2) is 18.2 Å². The smallest absolute Gasteiger partial charge is 0.129 e. The fourth-order valence-electron chi connectivity index (χ4n) is 1.67. The lowest BCUT2D eigenvalue weighted by molar-refractivity contribution is 0.273. The summed E-state index contributed by atoms with van der Waals surface area (Å²) < 4.78 is 26.3. The summed E-state index contributed by atoms with van der Waals surface area (Å²) in [5.41, 5.74) is 0.140. The molecule has 2 rings (SSSR count). The molecule has 1 N–H and O–H groups in total. The fourth-order valence-corrected chi connectivity index (χ4v) is 1.67. The normalized spacial score (nSPS) is 26.1. The first kappa shape index (κ1) is 8.63. The van der Waals surface area contributed by atoms with Gasteiger partial charge in [0.25, 0.3) is 0 Å². The van der Waals surface area contributed by atoms with E-state index in [-0.39, 0.29) is 24.0 Å². The highest BCUT2D eigenvalue weighted by Crippen LogP contribution is 2.48. The summed E-state index contributed by atoms with van der Waals surface area (Å²) in [5.74, 6) is -1.07. The third kappa shape index (κ3) is 1.44. The van der Waals surface area contributed by atoms with Gasteiger partial charge in [0.2, 0.25) is 0 Å². The van der Waals surface area contributed by atoms with E-state index in [9.17, 15) is 8.78 Å². The number of rotatable bonds is 2. The SMILES string of the molecule is OCC1CC1c1c(F)cccc1F. The van der Waals surface area contributed by atoms with E-state index in [0.29, 0.717) is 6.42 Å². The van der Waals surface area contributed by atoms with E-state index >= 15 is 0 Å². The summed E-state index contributed by atoms with van der Waals surface area (Å²) in [6.07, 6.45) is 0.689. The molecule has 1 aliphatic rings. The minimum atomic E-state index is -0.499. The fraction of sp³-hybridized carbons (Fsp3) is 0.400. The second kappa shape index (κ2) is 3.07. The molecular weight excluding hydrogens is 174 g/mol. The largest absolute Gasteiger partial charge is 0.396 e. The average Bonchev–Trinajstić information content (AvgIpc) is 2.83. The number of aliphatic hydroxyl groups excluding tert-OH is 1. The molecule has 70 valence electrons. The van der Waals surface area contributed by atoms with Crippen LogP contribution in [0.25, 0.3) is 0 Å². The molecule has 1 fully saturated rings. The molecule has 0 saturated heterocycles. The Morgan fingerprint density at radius 1 is 1.31 bits per heavy atom. The van der Waals surface area contributed by atoms with E-state index in [1.165, 1.54) is 18.2 Å². The summed E-state index contributed by atoms with van der Waals surface area (Å²) in [4.78, 5) is 0. The first-order valence-electron chi connectivity index (χ1n) is 4.28. The van der Waals surface area contributed by atoms with Gasteiger partial charge in [-0.3, -0.25) is 0 Å². The lowest BCUT2D eigenvalue weighted by Crippen LogP contribution is -1.96. The Labute approximate surface area is 75.0 Å². The highest BCUT2D eigenvalue weighted by Gasteiger charge is 2.40. The zero-order valence-electron chi connectivity index (χ0n) is 7.00. The molecule has 0 amide bonds. The Morgan fingerprint density at radius 3 is 2.38 bits per heavy atom. The Hall–Kier alpha value is -0.960. The van der Waals surface area contributed by atoms with Crippen LogP contribution in [-0.4, -0.2) is 11.7 Å². The second-order valence-electron chi connectivity index (χ2n) is 3.42. The first-order chi connectivity index (χ1) is 6.24. The van der Waals surface area contributed by atoms with E-state index < -0.39 is 11.6 Å². The lowest BCUT2D eigenvalue weighted by atomic mass is 10.1. The van der Waals surface area contributed by atoms with Crippen LogP contribution >= 0.6 is 0 Å². The van der Waals surface area contributed by atoms with Gasteiger partial charge in [-0.25, -0.2) is 8.78 Å². The van der Waals surface area contributed by atoms with Crippen molar-refractivity contribution in [2.24, 2.45) is 5.92 Å². The minimum absolute atomic E-state index is 0.0123. The van der Waals surface area contributed by atoms with Crippen molar-refractivity contribution >= 4 is 0 Å². The number of hydrogen-bond donors (Lipinski definition) is 1. The molecule has 0 radical (unpaired) electrons. The van der Waals surface area contributed by atoms with Crippen LogP contribution in [0.1, 0.15) is 17.9 Å². The first-order valence-corrected chi connectivity index (χ1v) is 4.28. The van der Waals surface area contributed by atoms with Crippen molar-refractivity contribution < 1.29 is 13.9 Å². The van der Waals surface area contributed by atoms with Gasteiger partial charge < -0.3 is 5.11 Å². The number of hydrogen-bond acceptors (Lipinski definition) is 1. The van der Waals surface area contributed by atoms with Gasteiger partial charge in [0.05, 0.1) is 0 Å². The summed E-state index contributed by atoms with van der Waals surface area (Å²) >= 11 is 0. The van der Waals surface area contributed by atoms with Gasteiger partial charge >= 0.3 is 0 Å². The lowest BCUT2D eigenvalue weighted by Gasteiger charge is -2.02. The zero-order valence-corrected chi connectivity index (χ0v) is 7.00. The topological polar surface area (TPSA) is 20.2 Å². The molecule has 2 atom stereocenters. The molecule has 3 heteroatoms. The van der Waals surface area contributed by atoms with E-state index in [2.05, 4.69) is 0 Å². The molecular formula is C10H10F2O. The minimum Gasteiger partial charge on any atom is -0.396 e. The van der Waals surface area contributed by atoms with Crippen LogP contribution < -0.4 is 0 Å². The highest BCUT2D eigenvalue weighted by atomic mass is 19.1. The molecule has 2 unspecified atom stereocenters. The molecule has 0 aliphatic heterocycles. The van der Waals surface area contributed by atoms with Gasteiger partial charge in [-0.15, -0.1) is 0 Å². The van der Waals surface area contributed by atoms with Crippen LogP contribution in [-0.2, 0) is 0 Å². The zero-order chi connectivity index (χ0) is 9.42. The van der Waals surface area contributed by atoms with Crippen molar-refractivity contribution in [2.45, 2.75) is 12.3 Å². The Morgan fingerprint density at radius 2 is 1.92 bits per heavy atom. The van der Waals surface area contributed by atoms with Crippen molar-refractivity contribution in [1.29, 1.82) is 0 Å². The van der Waals surface area contributed by atoms with E-state index in [1.807, 2.05) is 0 Å². The monoisotopic (exact) mass is 184 g/mol. The van der Waals surface area contributed by atoms with Crippen LogP contribution in [0.4, 0.5) is 8.78 Å². The third-order valence-corrected chi connectivity index (χ3v) is 2.53. The van der Waals surface area contributed by atoms with E-state index in [0.717, 1.165) is 0 Å². The van der Waals surface area contributed by atoms with Crippen molar-refractivity contribution in [3.05, 3.63) is 35.4 Å². The summed E-state index contributed by atoms with van der Waals surface area (Å²) in [5, 5.41) is 8.77. The molecule has 1 nitrogen and oxygen atoms in total. The van der Waals surface area contributed by atoms with Gasteiger partial charge in [-0.05, 0) is 30.4 Å². The predicted octanol–water partition coefficient (Wildman–Crippen LogP) is 2.06. The maximum Gasteiger partial charge on any atom is 0.129 e. The van der Waals surface area contributed by atoms with Crippen molar-refractivity contribution in [2.75, 3.05) is 6.61 Å². The quantitative estimate of drug-likeness (QED) is 0.745. The molecule has 1 aromatic carbocycles. The number of benzene rings is 1. The summed E-state index contributed by atoms with van der Waals surface area (Å²) in [6.45, 7) is 0.0123. The summed E-state index contributed by atoms with van der Waals surface area (Å²) in [6, 6.07) is 3.86. The van der Waals surface area contributed by atoms with Crippen LogP contribution in [0.3, 0.4) is 0 Å². The molecule has 13 heavy (non-hydrogen) atoms. The standard InChI is InChI=1S/C10H10F2O/c11-8-2-1-3-9(12)10(8)7-4-6(7)5-13/h1-3,6-7,13H,4-5H2. The van der Waals surface area contributed by atoms with Gasteiger partial charge in [0.1, 0.15) is 11.6 Å². The van der Waals surface area contributed by atoms with Crippen LogP contribution in [0.2, 0.25) is 0 Å². The predicted molar refractivity (Wildman–Crippen MR) is 44.3 cm³/mol. The molecule has 0 aromatic heterocycles. The number of aliphatic hydroxyl groups is 1. The van der Waals surface area contributed by atoms with E-state index in [4.69, 9.17) is 5.11 Å². The van der Waals surface area contributed by atoms with Crippen molar-refractivity contribution in [3.63, 3.8) is 0 Å². The van der Waals surface area contributed by atoms with Crippen molar-refractivity contribution in [1.82, 2.24) is 0 Å². The second-order valence-corrected chi connectivity index (χ2v) is 3.42. The van der Waals surface area contributed by atoms with Gasteiger partial charge in [-0.1, -0.05) is 6.07 Å². The highest BCUT2D eigenvalue weighted by molar-refractivity contribution is 5.29. The van der Waals surface area contributed by atoms with Gasteiger partial charge in [0, 0.05) is 12.2 Å². The van der Waals surface area contributed by atoms with Crippen molar-refractivity contribution in [3.8, 4) is 0 Å². The Kier molecular flexibility index (Phi) is 2.04. The Balaban J connectivity index is 2.30. The molecule has 0 spiro atoms. The van der Waals surface area contributed by atoms with E-state index in [1.54, 1.807) is 0 Å². The van der Waals surface area contributed by atoms with Crippen LogP contribution in [0.5, 0.6) is 0 Å². The third-order valence-electron chi connectivity index (χ3n) is 2.53. The molecule has 1 aromatic rings.